The quantitative estimate of drug-likeness (QED) is 0.843. The number of hydrogen-bond donors (Lipinski definition) is 1. The Balaban J connectivity index is 1.77. The van der Waals surface area contributed by atoms with Gasteiger partial charge in [-0.3, -0.25) is 4.90 Å². The van der Waals surface area contributed by atoms with Crippen LogP contribution in [0.15, 0.2) is 30.3 Å². The van der Waals surface area contributed by atoms with Crippen molar-refractivity contribution in [1.82, 2.24) is 15.1 Å². The topological polar surface area (TPSA) is 42.3 Å². The second-order valence-electron chi connectivity index (χ2n) is 5.45. The predicted octanol–water partition coefficient (Wildman–Crippen LogP) is 1.13. The first-order valence-electron chi connectivity index (χ1n) is 7.36. The molecule has 0 aromatic heterocycles. The van der Waals surface area contributed by atoms with E-state index in [9.17, 15) is 5.26 Å². The fourth-order valence-corrected chi connectivity index (χ4v) is 2.56. The smallest absolute Gasteiger partial charge is 0.0839 e. The zero-order valence-corrected chi connectivity index (χ0v) is 12.3. The zero-order chi connectivity index (χ0) is 14.2. The zero-order valence-electron chi connectivity index (χ0n) is 12.3. The molecule has 0 amide bonds. The van der Waals surface area contributed by atoms with Crippen LogP contribution in [-0.4, -0.2) is 62.7 Å². The van der Waals surface area contributed by atoms with E-state index in [4.69, 9.17) is 0 Å². The van der Waals surface area contributed by atoms with Crippen LogP contribution in [0.2, 0.25) is 0 Å². The van der Waals surface area contributed by atoms with Gasteiger partial charge in [0.05, 0.1) is 12.0 Å². The Hall–Kier alpha value is -1.41. The minimum atomic E-state index is -0.0378. The first kappa shape index (κ1) is 15.0. The maximum Gasteiger partial charge on any atom is 0.0839 e. The fourth-order valence-electron chi connectivity index (χ4n) is 2.56. The standard InChI is InChI=1S/C16H24N4/c1-19(11-12-20-9-7-18-8-10-20)14-16(13-17)15-5-3-2-4-6-15/h2-6,16,18H,7-12,14H2,1H3. The molecule has 1 unspecified atom stereocenters. The van der Waals surface area contributed by atoms with Crippen molar-refractivity contribution in [3.05, 3.63) is 35.9 Å². The third-order valence-electron chi connectivity index (χ3n) is 3.86. The highest BCUT2D eigenvalue weighted by Crippen LogP contribution is 2.15. The van der Waals surface area contributed by atoms with Crippen LogP contribution in [0.5, 0.6) is 0 Å². The van der Waals surface area contributed by atoms with Gasteiger partial charge in [0.2, 0.25) is 0 Å². The molecule has 1 fully saturated rings. The van der Waals surface area contributed by atoms with E-state index in [1.165, 1.54) is 0 Å². The van der Waals surface area contributed by atoms with E-state index in [1.54, 1.807) is 0 Å². The van der Waals surface area contributed by atoms with Crippen LogP contribution in [0.1, 0.15) is 11.5 Å². The Labute approximate surface area is 122 Å². The SMILES string of the molecule is CN(CCN1CCNCC1)CC(C#N)c1ccccc1. The van der Waals surface area contributed by atoms with E-state index >= 15 is 0 Å². The summed E-state index contributed by atoms with van der Waals surface area (Å²) in [5.74, 6) is -0.0378. The molecule has 0 spiro atoms. The van der Waals surface area contributed by atoms with Crippen LogP contribution in [0.4, 0.5) is 0 Å². The van der Waals surface area contributed by atoms with Gasteiger partial charge in [-0.2, -0.15) is 5.26 Å². The van der Waals surface area contributed by atoms with E-state index < -0.39 is 0 Å². The minimum absolute atomic E-state index is 0.0378. The second kappa shape index (κ2) is 8.01. The van der Waals surface area contributed by atoms with Gasteiger partial charge in [0.15, 0.2) is 0 Å². The molecule has 0 bridgehead atoms. The number of nitrogens with zero attached hydrogens (tertiary/aromatic N) is 3. The van der Waals surface area contributed by atoms with Crippen molar-refractivity contribution in [2.45, 2.75) is 5.92 Å². The molecule has 0 radical (unpaired) electrons. The highest BCUT2D eigenvalue weighted by atomic mass is 15.2. The third-order valence-corrected chi connectivity index (χ3v) is 3.86. The van der Waals surface area contributed by atoms with E-state index in [-0.39, 0.29) is 5.92 Å². The lowest BCUT2D eigenvalue weighted by Gasteiger charge is -2.29. The minimum Gasteiger partial charge on any atom is -0.314 e. The van der Waals surface area contributed by atoms with Gasteiger partial charge < -0.3 is 10.2 Å². The molecular weight excluding hydrogens is 248 g/mol. The summed E-state index contributed by atoms with van der Waals surface area (Å²) in [5, 5.41) is 12.7. The highest BCUT2D eigenvalue weighted by molar-refractivity contribution is 5.25. The van der Waals surface area contributed by atoms with E-state index in [2.05, 4.69) is 28.2 Å². The van der Waals surface area contributed by atoms with Crippen molar-refractivity contribution in [1.29, 1.82) is 5.26 Å². The van der Waals surface area contributed by atoms with Crippen molar-refractivity contribution in [3.63, 3.8) is 0 Å². The summed E-state index contributed by atoms with van der Waals surface area (Å²) in [6.07, 6.45) is 0. The molecule has 4 heteroatoms. The maximum absolute atomic E-state index is 9.35. The molecule has 1 aliphatic heterocycles. The first-order valence-corrected chi connectivity index (χ1v) is 7.36. The molecule has 4 nitrogen and oxygen atoms in total. The molecule has 1 saturated heterocycles. The molecule has 1 atom stereocenters. The Bertz CT molecular complexity index is 420. The van der Waals surface area contributed by atoms with Gasteiger partial charge in [-0.25, -0.2) is 0 Å². The van der Waals surface area contributed by atoms with Crippen molar-refractivity contribution < 1.29 is 0 Å². The normalized spacial score (nSPS) is 17.9. The Morgan fingerprint density at radius 3 is 2.65 bits per heavy atom. The average Bonchev–Trinajstić information content (AvgIpc) is 2.52. The van der Waals surface area contributed by atoms with E-state index in [0.29, 0.717) is 0 Å². The second-order valence-corrected chi connectivity index (χ2v) is 5.45. The molecule has 0 aliphatic carbocycles. The third kappa shape index (κ3) is 4.61. The van der Waals surface area contributed by atoms with Crippen LogP contribution in [0.25, 0.3) is 0 Å². The summed E-state index contributed by atoms with van der Waals surface area (Å²) in [6, 6.07) is 12.5. The van der Waals surface area contributed by atoms with Gasteiger partial charge in [-0.05, 0) is 12.6 Å². The highest BCUT2D eigenvalue weighted by Gasteiger charge is 2.14. The number of benzene rings is 1. The molecule has 108 valence electrons. The maximum atomic E-state index is 9.35. The number of piperazine rings is 1. The number of hydrogen-bond acceptors (Lipinski definition) is 4. The summed E-state index contributed by atoms with van der Waals surface area (Å²) in [4.78, 5) is 4.75. The summed E-state index contributed by atoms with van der Waals surface area (Å²) in [7, 11) is 2.11. The molecule has 20 heavy (non-hydrogen) atoms. The van der Waals surface area contributed by atoms with Crippen molar-refractivity contribution >= 4 is 0 Å². The van der Waals surface area contributed by atoms with Crippen LogP contribution in [0, 0.1) is 11.3 Å². The Morgan fingerprint density at radius 2 is 2.00 bits per heavy atom. The summed E-state index contributed by atoms with van der Waals surface area (Å²) >= 11 is 0. The summed E-state index contributed by atoms with van der Waals surface area (Å²) in [6.45, 7) is 7.36. The molecule has 1 heterocycles. The molecule has 1 N–H and O–H groups in total. The number of nitrogens with one attached hydrogen (secondary N) is 1. The number of nitriles is 1. The molecule has 2 rings (SSSR count). The van der Waals surface area contributed by atoms with Gasteiger partial charge in [0, 0.05) is 45.8 Å². The Morgan fingerprint density at radius 1 is 1.30 bits per heavy atom. The predicted molar refractivity (Wildman–Crippen MR) is 81.6 cm³/mol. The Kier molecular flexibility index (Phi) is 6.00. The lowest BCUT2D eigenvalue weighted by molar-refractivity contribution is 0.204. The van der Waals surface area contributed by atoms with Crippen molar-refractivity contribution in [3.8, 4) is 6.07 Å². The van der Waals surface area contributed by atoms with Crippen molar-refractivity contribution in [2.75, 3.05) is 52.9 Å². The molecule has 1 aliphatic rings. The van der Waals surface area contributed by atoms with Crippen LogP contribution < -0.4 is 5.32 Å². The van der Waals surface area contributed by atoms with Crippen LogP contribution >= 0.6 is 0 Å². The van der Waals surface area contributed by atoms with Crippen LogP contribution in [-0.2, 0) is 0 Å². The summed E-state index contributed by atoms with van der Waals surface area (Å²) in [5.41, 5.74) is 1.11. The van der Waals surface area contributed by atoms with E-state index in [1.807, 2.05) is 30.3 Å². The van der Waals surface area contributed by atoms with E-state index in [0.717, 1.165) is 51.4 Å². The monoisotopic (exact) mass is 272 g/mol. The molecule has 1 aromatic rings. The summed E-state index contributed by atoms with van der Waals surface area (Å²) < 4.78 is 0. The fraction of sp³-hybridized carbons (Fsp3) is 0.562. The van der Waals surface area contributed by atoms with Gasteiger partial charge in [-0.1, -0.05) is 30.3 Å². The van der Waals surface area contributed by atoms with Gasteiger partial charge in [0.1, 0.15) is 0 Å². The molecule has 1 aromatic carbocycles. The van der Waals surface area contributed by atoms with Gasteiger partial charge in [-0.15, -0.1) is 0 Å². The van der Waals surface area contributed by atoms with Gasteiger partial charge in [0.25, 0.3) is 0 Å². The molecule has 0 saturated carbocycles. The lowest BCUT2D eigenvalue weighted by atomic mass is 10.0. The number of likely N-dealkylation sites (N-methyl/N-ethyl adjacent to an activating group) is 1. The largest absolute Gasteiger partial charge is 0.314 e. The molecular formula is C16H24N4. The number of rotatable bonds is 6. The van der Waals surface area contributed by atoms with Crippen LogP contribution in [0.3, 0.4) is 0 Å². The first-order chi connectivity index (χ1) is 9.79. The lowest BCUT2D eigenvalue weighted by Crippen LogP contribution is -2.46. The van der Waals surface area contributed by atoms with Gasteiger partial charge >= 0.3 is 0 Å². The van der Waals surface area contributed by atoms with Crippen molar-refractivity contribution in [2.24, 2.45) is 0 Å². The average molecular weight is 272 g/mol.